The lowest BCUT2D eigenvalue weighted by molar-refractivity contribution is -0.166. The number of carbonyl (C=O) groups excluding carboxylic acids is 3. The second kappa shape index (κ2) is 10.1. The van der Waals surface area contributed by atoms with Gasteiger partial charge >= 0.3 is 5.97 Å². The largest absolute Gasteiger partial charge is 0.451 e. The summed E-state index contributed by atoms with van der Waals surface area (Å²) in [5, 5.41) is 1.91. The Morgan fingerprint density at radius 2 is 1.53 bits per heavy atom. The second-order valence-corrected chi connectivity index (χ2v) is 12.2. The summed E-state index contributed by atoms with van der Waals surface area (Å²) in [4.78, 5) is 40.8. The fourth-order valence-corrected chi connectivity index (χ4v) is 7.00. The van der Waals surface area contributed by atoms with Crippen molar-refractivity contribution in [3.05, 3.63) is 102 Å². The topological polar surface area (TPSA) is 119 Å². The predicted octanol–water partition coefficient (Wildman–Crippen LogP) is 2.71. The van der Waals surface area contributed by atoms with Crippen LogP contribution in [-0.4, -0.2) is 49.1 Å². The molecule has 0 bridgehead atoms. The summed E-state index contributed by atoms with van der Waals surface area (Å²) in [6.07, 6.45) is -0.645. The molecule has 3 aromatic rings. The van der Waals surface area contributed by atoms with E-state index in [1.54, 1.807) is 38.1 Å². The SMILES string of the molecule is CC1(C)[C@H](C(=O)OC(c2ccccc2)c2ccccc2)N2C(=O)[C@@H](NC(=O)Cc3ccc(N)cc3)[C@H]2[S@@]1=O. The van der Waals surface area contributed by atoms with Crippen molar-refractivity contribution in [1.29, 1.82) is 0 Å². The summed E-state index contributed by atoms with van der Waals surface area (Å²) < 4.78 is 18.5. The third kappa shape index (κ3) is 4.58. The van der Waals surface area contributed by atoms with E-state index in [1.807, 2.05) is 60.7 Å². The summed E-state index contributed by atoms with van der Waals surface area (Å²) >= 11 is 0. The van der Waals surface area contributed by atoms with Gasteiger partial charge in [-0.3, -0.25) is 13.8 Å². The molecule has 9 heteroatoms. The molecule has 0 saturated carbocycles. The van der Waals surface area contributed by atoms with Crippen molar-refractivity contribution in [3.8, 4) is 0 Å². The van der Waals surface area contributed by atoms with E-state index in [4.69, 9.17) is 10.5 Å². The monoisotopic (exact) mass is 531 g/mol. The van der Waals surface area contributed by atoms with Gasteiger partial charge in [-0.2, -0.15) is 0 Å². The number of esters is 1. The summed E-state index contributed by atoms with van der Waals surface area (Å²) in [6, 6.07) is 23.5. The Hall–Kier alpha value is -3.98. The molecule has 3 N–H and O–H groups in total. The van der Waals surface area contributed by atoms with Crippen LogP contribution >= 0.6 is 0 Å². The number of anilines is 1. The van der Waals surface area contributed by atoms with Crippen LogP contribution in [0.1, 0.15) is 36.6 Å². The molecule has 38 heavy (non-hydrogen) atoms. The maximum atomic E-state index is 13.6. The number of β-lactam (4-membered cyclic amide) rings is 1. The average Bonchev–Trinajstić information content (AvgIpc) is 3.11. The highest BCUT2D eigenvalue weighted by atomic mass is 32.2. The molecular formula is C29H29N3O5S. The first-order valence-corrected chi connectivity index (χ1v) is 13.6. The van der Waals surface area contributed by atoms with Crippen molar-refractivity contribution in [3.63, 3.8) is 0 Å². The molecule has 2 aliphatic heterocycles. The Kier molecular flexibility index (Phi) is 6.79. The lowest BCUT2D eigenvalue weighted by Crippen LogP contribution is -2.71. The van der Waals surface area contributed by atoms with Gasteiger partial charge in [0.2, 0.25) is 11.8 Å². The minimum Gasteiger partial charge on any atom is -0.451 e. The molecule has 0 radical (unpaired) electrons. The van der Waals surface area contributed by atoms with Crippen molar-refractivity contribution >= 4 is 34.3 Å². The van der Waals surface area contributed by atoms with E-state index in [1.165, 1.54) is 4.90 Å². The van der Waals surface area contributed by atoms with Gasteiger partial charge in [-0.15, -0.1) is 0 Å². The molecule has 4 atom stereocenters. The molecule has 2 aliphatic rings. The van der Waals surface area contributed by atoms with Gasteiger partial charge in [0.25, 0.3) is 0 Å². The molecule has 2 fully saturated rings. The van der Waals surface area contributed by atoms with Crippen LogP contribution in [0, 0.1) is 0 Å². The molecule has 0 unspecified atom stereocenters. The summed E-state index contributed by atoms with van der Waals surface area (Å²) in [5.41, 5.74) is 8.58. The van der Waals surface area contributed by atoms with E-state index in [9.17, 15) is 18.6 Å². The first-order valence-electron chi connectivity index (χ1n) is 12.4. The van der Waals surface area contributed by atoms with E-state index >= 15 is 0 Å². The zero-order valence-electron chi connectivity index (χ0n) is 21.1. The van der Waals surface area contributed by atoms with Crippen molar-refractivity contribution in [2.45, 2.75) is 48.6 Å². The lowest BCUT2D eigenvalue weighted by Gasteiger charge is -2.43. The standard InChI is InChI=1S/C29H29N3O5S/c1-29(2)25(28(35)37-24(19-9-5-3-6-10-19)20-11-7-4-8-12-20)32-26(34)23(27(32)38(29)36)31-22(33)17-18-13-15-21(30)16-14-18/h3-16,23-25,27H,17,30H2,1-2H3,(H,31,33)/t23-,25+,27-,38+/m1/s1. The van der Waals surface area contributed by atoms with Crippen LogP contribution in [0.25, 0.3) is 0 Å². The van der Waals surface area contributed by atoms with Gasteiger partial charge in [-0.1, -0.05) is 72.8 Å². The number of benzene rings is 3. The van der Waals surface area contributed by atoms with Crippen LogP contribution in [0.15, 0.2) is 84.9 Å². The third-order valence-electron chi connectivity index (χ3n) is 7.08. The second-order valence-electron chi connectivity index (χ2n) is 10.0. The molecule has 2 amide bonds. The fraction of sp³-hybridized carbons (Fsp3) is 0.276. The van der Waals surface area contributed by atoms with Crippen LogP contribution in [0.2, 0.25) is 0 Å². The molecule has 0 aliphatic carbocycles. The number of ether oxygens (including phenoxy) is 1. The maximum absolute atomic E-state index is 13.6. The summed E-state index contributed by atoms with van der Waals surface area (Å²) in [7, 11) is -1.62. The number of nitrogens with zero attached hydrogens (tertiary/aromatic N) is 1. The van der Waals surface area contributed by atoms with Crippen LogP contribution in [0.5, 0.6) is 0 Å². The highest BCUT2D eigenvalue weighted by Gasteiger charge is 2.68. The molecule has 0 spiro atoms. The molecule has 8 nitrogen and oxygen atoms in total. The normalized spacial score (nSPS) is 23.4. The Morgan fingerprint density at radius 3 is 2.08 bits per heavy atom. The van der Waals surface area contributed by atoms with Crippen LogP contribution in [0.4, 0.5) is 5.69 Å². The van der Waals surface area contributed by atoms with Crippen LogP contribution < -0.4 is 11.1 Å². The van der Waals surface area contributed by atoms with E-state index in [0.717, 1.165) is 16.7 Å². The number of carbonyl (C=O) groups is 3. The van der Waals surface area contributed by atoms with E-state index in [-0.39, 0.29) is 12.3 Å². The van der Waals surface area contributed by atoms with Crippen LogP contribution in [-0.2, 0) is 36.3 Å². The number of nitrogen functional groups attached to an aromatic ring is 1. The Morgan fingerprint density at radius 1 is 0.974 bits per heavy atom. The minimum atomic E-state index is -1.62. The van der Waals surface area contributed by atoms with Gasteiger partial charge < -0.3 is 20.7 Å². The minimum absolute atomic E-state index is 0.0497. The molecule has 2 heterocycles. The summed E-state index contributed by atoms with van der Waals surface area (Å²) in [5.74, 6) is -1.46. The number of fused-ring (bicyclic) bond motifs is 1. The molecular weight excluding hydrogens is 502 g/mol. The molecule has 5 rings (SSSR count). The van der Waals surface area contributed by atoms with Crippen molar-refractivity contribution in [2.75, 3.05) is 5.73 Å². The van der Waals surface area contributed by atoms with Crippen LogP contribution in [0.3, 0.4) is 0 Å². The number of hydrogen-bond donors (Lipinski definition) is 2. The first-order chi connectivity index (χ1) is 18.2. The fourth-order valence-electron chi connectivity index (χ4n) is 5.08. The van der Waals surface area contributed by atoms with E-state index in [2.05, 4.69) is 5.32 Å². The molecule has 196 valence electrons. The van der Waals surface area contributed by atoms with Gasteiger partial charge in [0.15, 0.2) is 6.10 Å². The Balaban J connectivity index is 1.34. The smallest absolute Gasteiger partial charge is 0.331 e. The molecule has 3 aromatic carbocycles. The Labute approximate surface area is 223 Å². The number of rotatable bonds is 7. The zero-order valence-corrected chi connectivity index (χ0v) is 21.9. The van der Waals surface area contributed by atoms with Crippen molar-refractivity contribution in [1.82, 2.24) is 10.2 Å². The van der Waals surface area contributed by atoms with Gasteiger partial charge in [-0.05, 0) is 42.7 Å². The first kappa shape index (κ1) is 25.7. The van der Waals surface area contributed by atoms with E-state index in [0.29, 0.717) is 5.69 Å². The highest BCUT2D eigenvalue weighted by Crippen LogP contribution is 2.44. The van der Waals surface area contributed by atoms with Crippen molar-refractivity contribution in [2.24, 2.45) is 0 Å². The maximum Gasteiger partial charge on any atom is 0.331 e. The number of nitrogens with one attached hydrogen (secondary N) is 1. The third-order valence-corrected chi connectivity index (χ3v) is 9.28. The number of nitrogens with two attached hydrogens (primary N) is 1. The van der Waals surface area contributed by atoms with Gasteiger partial charge in [0, 0.05) is 5.69 Å². The average molecular weight is 532 g/mol. The quantitative estimate of drug-likeness (QED) is 0.275. The number of amides is 2. The Bertz CT molecular complexity index is 1340. The molecule has 2 saturated heterocycles. The zero-order chi connectivity index (χ0) is 27.0. The van der Waals surface area contributed by atoms with Gasteiger partial charge in [-0.25, -0.2) is 4.79 Å². The number of hydrogen-bond acceptors (Lipinski definition) is 6. The lowest BCUT2D eigenvalue weighted by atomic mass is 9.95. The highest BCUT2D eigenvalue weighted by molar-refractivity contribution is 7.87. The van der Waals surface area contributed by atoms with Gasteiger partial charge in [0.1, 0.15) is 17.5 Å². The van der Waals surface area contributed by atoms with Gasteiger partial charge in [0.05, 0.1) is 22.0 Å². The van der Waals surface area contributed by atoms with E-state index < -0.39 is 51.0 Å². The van der Waals surface area contributed by atoms with Crippen molar-refractivity contribution < 1.29 is 23.3 Å². The summed E-state index contributed by atoms with van der Waals surface area (Å²) in [6.45, 7) is 3.38. The molecule has 0 aromatic heterocycles. The predicted molar refractivity (Wildman–Crippen MR) is 144 cm³/mol.